The first-order valence-electron chi connectivity index (χ1n) is 7.54. The molecule has 2 aromatic rings. The number of carbonyl (C=O) groups excluding carboxylic acids is 1. The van der Waals surface area contributed by atoms with Crippen molar-refractivity contribution in [2.75, 3.05) is 7.11 Å². The summed E-state index contributed by atoms with van der Waals surface area (Å²) in [4.78, 5) is 20.4. The smallest absolute Gasteiger partial charge is 0.296 e. The van der Waals surface area contributed by atoms with Crippen molar-refractivity contribution in [3.8, 4) is 11.5 Å². The van der Waals surface area contributed by atoms with Crippen molar-refractivity contribution in [2.45, 2.75) is 25.4 Å². The molecular weight excluding hydrogens is 369 g/mol. The van der Waals surface area contributed by atoms with Crippen LogP contribution in [0.5, 0.6) is 11.5 Å². The lowest BCUT2D eigenvalue weighted by Gasteiger charge is -2.27. The topological polar surface area (TPSA) is 85.9 Å². The van der Waals surface area contributed by atoms with Gasteiger partial charge in [-0.25, -0.2) is 9.98 Å². The maximum Gasteiger partial charge on any atom is 0.296 e. The molecule has 0 radical (unpaired) electrons. The predicted octanol–water partition coefficient (Wildman–Crippen LogP) is 3.11. The van der Waals surface area contributed by atoms with Crippen LogP contribution >= 0.6 is 23.2 Å². The standard InChI is InChI=1S/C16H15Cl2N3O4/c1-24-14-6-19-12(5-13(14)25-9-3-2-4-9)16(22)20-15-10(17)7-21(23)8-11(15)18/h5-9,23H,2-4H2,1H3. The van der Waals surface area contributed by atoms with Crippen LogP contribution < -0.4 is 14.8 Å². The zero-order valence-electron chi connectivity index (χ0n) is 13.3. The number of carbonyl (C=O) groups is 1. The second-order valence-corrected chi connectivity index (χ2v) is 6.31. The van der Waals surface area contributed by atoms with Gasteiger partial charge >= 0.3 is 0 Å². The van der Waals surface area contributed by atoms with Gasteiger partial charge in [-0.2, -0.15) is 4.73 Å². The Morgan fingerprint density at radius 2 is 2.00 bits per heavy atom. The van der Waals surface area contributed by atoms with Gasteiger partial charge in [-0.15, -0.1) is 0 Å². The van der Waals surface area contributed by atoms with Crippen molar-refractivity contribution in [1.82, 2.24) is 9.71 Å². The molecule has 2 aromatic heterocycles. The van der Waals surface area contributed by atoms with Crippen LogP contribution in [-0.2, 0) is 0 Å². The van der Waals surface area contributed by atoms with Crippen LogP contribution in [0.3, 0.4) is 0 Å². The fourth-order valence-electron chi connectivity index (χ4n) is 2.23. The number of aromatic nitrogens is 2. The van der Waals surface area contributed by atoms with Crippen molar-refractivity contribution in [1.29, 1.82) is 0 Å². The van der Waals surface area contributed by atoms with E-state index in [1.165, 1.54) is 31.8 Å². The van der Waals surface area contributed by atoms with Gasteiger partial charge in [0.05, 0.1) is 41.8 Å². The lowest BCUT2D eigenvalue weighted by atomic mass is 9.96. The zero-order valence-corrected chi connectivity index (χ0v) is 14.8. The lowest BCUT2D eigenvalue weighted by Crippen LogP contribution is -2.25. The summed E-state index contributed by atoms with van der Waals surface area (Å²) in [5, 5.41) is 9.47. The SMILES string of the molecule is COc1cnc(C(=O)N=c2c(Cl)cn(O)cc2Cl)cc1OC1CCC1. The second-order valence-electron chi connectivity index (χ2n) is 5.49. The highest BCUT2D eigenvalue weighted by molar-refractivity contribution is 6.34. The van der Waals surface area contributed by atoms with Gasteiger partial charge in [0.1, 0.15) is 11.1 Å². The highest BCUT2D eigenvalue weighted by Gasteiger charge is 2.22. The third-order valence-corrected chi connectivity index (χ3v) is 4.33. The van der Waals surface area contributed by atoms with E-state index in [0.717, 1.165) is 19.3 Å². The van der Waals surface area contributed by atoms with Crippen LogP contribution in [0.2, 0.25) is 10.0 Å². The van der Waals surface area contributed by atoms with E-state index < -0.39 is 5.91 Å². The minimum atomic E-state index is -0.638. The Kier molecular flexibility index (Phi) is 5.15. The molecule has 0 aromatic carbocycles. The first-order valence-corrected chi connectivity index (χ1v) is 8.30. The minimum absolute atomic E-state index is 0.0304. The average molecular weight is 384 g/mol. The number of ether oxygens (including phenoxy) is 2. The fourth-order valence-corrected chi connectivity index (χ4v) is 2.76. The van der Waals surface area contributed by atoms with E-state index in [2.05, 4.69) is 9.98 Å². The number of rotatable bonds is 4. The molecule has 7 nitrogen and oxygen atoms in total. The fraction of sp³-hybridized carbons (Fsp3) is 0.312. The van der Waals surface area contributed by atoms with E-state index in [0.29, 0.717) is 16.2 Å². The Labute approximate surface area is 153 Å². The summed E-state index contributed by atoms with van der Waals surface area (Å²) in [6.45, 7) is 0. The molecule has 132 valence electrons. The molecule has 0 atom stereocenters. The van der Waals surface area contributed by atoms with Crippen LogP contribution in [0.1, 0.15) is 29.8 Å². The largest absolute Gasteiger partial charge is 0.491 e. The number of hydrogen-bond acceptors (Lipinski definition) is 5. The Balaban J connectivity index is 1.94. The third kappa shape index (κ3) is 3.88. The summed E-state index contributed by atoms with van der Waals surface area (Å²) >= 11 is 11.9. The highest BCUT2D eigenvalue weighted by atomic mass is 35.5. The summed E-state index contributed by atoms with van der Waals surface area (Å²) in [7, 11) is 1.50. The van der Waals surface area contributed by atoms with Crippen LogP contribution in [-0.4, -0.2) is 34.0 Å². The first kappa shape index (κ1) is 17.6. The molecule has 1 aliphatic carbocycles. The molecule has 1 aliphatic rings. The molecule has 2 heterocycles. The molecule has 0 saturated heterocycles. The number of nitrogens with zero attached hydrogens (tertiary/aromatic N) is 3. The summed E-state index contributed by atoms with van der Waals surface area (Å²) in [5.41, 5.74) is 0.0722. The van der Waals surface area contributed by atoms with Gasteiger partial charge in [-0.05, 0) is 19.3 Å². The zero-order chi connectivity index (χ0) is 18.0. The van der Waals surface area contributed by atoms with Crippen molar-refractivity contribution in [3.63, 3.8) is 0 Å². The Bertz CT molecular complexity index is 852. The monoisotopic (exact) mass is 383 g/mol. The Hall–Kier alpha value is -2.25. The maximum atomic E-state index is 12.4. The van der Waals surface area contributed by atoms with Crippen molar-refractivity contribution < 1.29 is 19.5 Å². The third-order valence-electron chi connectivity index (χ3n) is 3.77. The molecular formula is C16H15Cl2N3O4. The molecule has 0 spiro atoms. The maximum absolute atomic E-state index is 12.4. The van der Waals surface area contributed by atoms with E-state index >= 15 is 0 Å². The molecule has 1 fully saturated rings. The molecule has 25 heavy (non-hydrogen) atoms. The summed E-state index contributed by atoms with van der Waals surface area (Å²) in [6, 6.07) is 1.49. The predicted molar refractivity (Wildman–Crippen MR) is 90.6 cm³/mol. The number of halogens is 2. The van der Waals surface area contributed by atoms with E-state index in [-0.39, 0.29) is 27.2 Å². The quantitative estimate of drug-likeness (QED) is 0.819. The molecule has 0 unspecified atom stereocenters. The van der Waals surface area contributed by atoms with Gasteiger partial charge < -0.3 is 14.7 Å². The summed E-state index contributed by atoms with van der Waals surface area (Å²) < 4.78 is 11.7. The summed E-state index contributed by atoms with van der Waals surface area (Å²) in [5.74, 6) is 0.250. The normalized spacial score (nSPS) is 13.9. The number of pyridine rings is 2. The number of hydrogen-bond donors (Lipinski definition) is 1. The van der Waals surface area contributed by atoms with Gasteiger partial charge in [0, 0.05) is 6.07 Å². The van der Waals surface area contributed by atoms with Gasteiger partial charge in [0.25, 0.3) is 5.91 Å². The molecule has 1 amide bonds. The summed E-state index contributed by atoms with van der Waals surface area (Å²) in [6.07, 6.45) is 6.93. The molecule has 0 aliphatic heterocycles. The van der Waals surface area contributed by atoms with Crippen LogP contribution in [0, 0.1) is 0 Å². The molecule has 1 N–H and O–H groups in total. The van der Waals surface area contributed by atoms with Crippen LogP contribution in [0.4, 0.5) is 0 Å². The van der Waals surface area contributed by atoms with Crippen LogP contribution in [0.15, 0.2) is 29.6 Å². The molecule has 1 saturated carbocycles. The van der Waals surface area contributed by atoms with E-state index in [4.69, 9.17) is 32.7 Å². The molecule has 9 heteroatoms. The van der Waals surface area contributed by atoms with Crippen molar-refractivity contribution in [3.05, 3.63) is 45.8 Å². The number of amides is 1. The van der Waals surface area contributed by atoms with Gasteiger partial charge in [0.15, 0.2) is 11.5 Å². The van der Waals surface area contributed by atoms with Gasteiger partial charge in [-0.3, -0.25) is 4.79 Å². The highest BCUT2D eigenvalue weighted by Crippen LogP contribution is 2.32. The Morgan fingerprint density at radius 1 is 1.32 bits per heavy atom. The minimum Gasteiger partial charge on any atom is -0.491 e. The molecule has 0 bridgehead atoms. The second kappa shape index (κ2) is 7.33. The van der Waals surface area contributed by atoms with Crippen molar-refractivity contribution >= 4 is 29.1 Å². The molecule has 3 rings (SSSR count). The number of methoxy groups -OCH3 is 1. The Morgan fingerprint density at radius 3 is 2.56 bits per heavy atom. The van der Waals surface area contributed by atoms with E-state index in [1.54, 1.807) is 0 Å². The lowest BCUT2D eigenvalue weighted by molar-refractivity contribution is 0.0987. The van der Waals surface area contributed by atoms with Gasteiger partial charge in [0.2, 0.25) is 0 Å². The van der Waals surface area contributed by atoms with Crippen molar-refractivity contribution in [2.24, 2.45) is 4.99 Å². The van der Waals surface area contributed by atoms with E-state index in [1.807, 2.05) is 0 Å². The van der Waals surface area contributed by atoms with Crippen LogP contribution in [0.25, 0.3) is 0 Å². The van der Waals surface area contributed by atoms with Gasteiger partial charge in [-0.1, -0.05) is 23.2 Å². The first-order chi connectivity index (χ1) is 12.0. The van der Waals surface area contributed by atoms with E-state index in [9.17, 15) is 10.0 Å². The average Bonchev–Trinajstić information content (AvgIpc) is 2.53.